The highest BCUT2D eigenvalue weighted by atomic mass is 16.5. The van der Waals surface area contributed by atoms with E-state index in [-0.39, 0.29) is 17.3 Å². The van der Waals surface area contributed by atoms with Gasteiger partial charge in [-0.2, -0.15) is 0 Å². The number of fused-ring (bicyclic) bond motifs is 1. The predicted molar refractivity (Wildman–Crippen MR) is 96.5 cm³/mol. The summed E-state index contributed by atoms with van der Waals surface area (Å²) in [5.41, 5.74) is 2.14. The Morgan fingerprint density at radius 2 is 2.16 bits per heavy atom. The number of nitrogens with one attached hydrogen (secondary N) is 1. The number of anilines is 1. The van der Waals surface area contributed by atoms with Crippen LogP contribution in [0, 0.1) is 11.3 Å². The van der Waals surface area contributed by atoms with Crippen molar-refractivity contribution in [2.45, 2.75) is 45.4 Å². The number of aromatic amines is 1. The highest BCUT2D eigenvalue weighted by Gasteiger charge is 2.51. The molecule has 1 saturated heterocycles. The normalized spacial score (nSPS) is 22.6. The Morgan fingerprint density at radius 3 is 2.88 bits per heavy atom. The Balaban J connectivity index is 1.75. The molecule has 1 N–H and O–H groups in total. The molecule has 0 bridgehead atoms. The first kappa shape index (κ1) is 16.4. The number of rotatable bonds is 3. The minimum Gasteiger partial charge on any atom is -0.469 e. The van der Waals surface area contributed by atoms with Crippen LogP contribution in [-0.4, -0.2) is 41.1 Å². The summed E-state index contributed by atoms with van der Waals surface area (Å²) in [6.07, 6.45) is 10.4. The van der Waals surface area contributed by atoms with Crippen molar-refractivity contribution in [1.29, 1.82) is 0 Å². The first-order chi connectivity index (χ1) is 12.2. The lowest BCUT2D eigenvalue weighted by atomic mass is 9.68. The highest BCUT2D eigenvalue weighted by molar-refractivity contribution is 5.91. The molecule has 1 spiro atoms. The summed E-state index contributed by atoms with van der Waals surface area (Å²) in [5, 5.41) is 1.10. The molecule has 2 fully saturated rings. The summed E-state index contributed by atoms with van der Waals surface area (Å²) in [4.78, 5) is 27.0. The standard InChI is InChI=1S/C19H26N4O2/c1-3-13-9-20-16-15(13)17(22-12-21-16)23-10-14(18(24)25-2)19(11-23)7-5-4-6-8-19/h9,12,14H,3-8,10-11H2,1-2H3,(H,20,21,22). The van der Waals surface area contributed by atoms with Crippen LogP contribution in [0.4, 0.5) is 5.82 Å². The fourth-order valence-electron chi connectivity index (χ4n) is 4.89. The zero-order valence-corrected chi connectivity index (χ0v) is 15.0. The maximum Gasteiger partial charge on any atom is 0.311 e. The lowest BCUT2D eigenvalue weighted by Crippen LogP contribution is -2.37. The fraction of sp³-hybridized carbons (Fsp3) is 0.632. The lowest BCUT2D eigenvalue weighted by molar-refractivity contribution is -0.149. The molecule has 4 rings (SSSR count). The molecule has 1 unspecified atom stereocenters. The van der Waals surface area contributed by atoms with Crippen LogP contribution < -0.4 is 4.90 Å². The van der Waals surface area contributed by atoms with Crippen LogP contribution in [0.1, 0.15) is 44.6 Å². The van der Waals surface area contributed by atoms with Gasteiger partial charge in [-0.3, -0.25) is 4.79 Å². The van der Waals surface area contributed by atoms with Gasteiger partial charge in [0, 0.05) is 24.7 Å². The summed E-state index contributed by atoms with van der Waals surface area (Å²) in [6.45, 7) is 3.71. The summed E-state index contributed by atoms with van der Waals surface area (Å²) in [5.74, 6) is 0.825. The van der Waals surface area contributed by atoms with E-state index in [4.69, 9.17) is 4.74 Å². The number of nitrogens with zero attached hydrogens (tertiary/aromatic N) is 3. The second kappa shape index (κ2) is 6.32. The maximum absolute atomic E-state index is 12.5. The number of esters is 1. The van der Waals surface area contributed by atoms with E-state index >= 15 is 0 Å². The number of ether oxygens (including phenoxy) is 1. The summed E-state index contributed by atoms with van der Waals surface area (Å²) in [6, 6.07) is 0. The molecule has 3 heterocycles. The number of hydrogen-bond donors (Lipinski definition) is 1. The van der Waals surface area contributed by atoms with Gasteiger partial charge in [0.1, 0.15) is 17.8 Å². The van der Waals surface area contributed by atoms with E-state index in [1.54, 1.807) is 6.33 Å². The van der Waals surface area contributed by atoms with Crippen molar-refractivity contribution in [2.75, 3.05) is 25.1 Å². The van der Waals surface area contributed by atoms with Crippen LogP contribution in [0.15, 0.2) is 12.5 Å². The number of carbonyl (C=O) groups excluding carboxylic acids is 1. The van der Waals surface area contributed by atoms with Gasteiger partial charge in [-0.05, 0) is 24.8 Å². The molecule has 2 aromatic heterocycles. The van der Waals surface area contributed by atoms with Crippen molar-refractivity contribution < 1.29 is 9.53 Å². The first-order valence-corrected chi connectivity index (χ1v) is 9.32. The van der Waals surface area contributed by atoms with Crippen molar-refractivity contribution >= 4 is 22.8 Å². The number of aromatic nitrogens is 3. The van der Waals surface area contributed by atoms with Gasteiger partial charge in [-0.15, -0.1) is 0 Å². The Labute approximate surface area is 148 Å². The van der Waals surface area contributed by atoms with Gasteiger partial charge in [0.25, 0.3) is 0 Å². The van der Waals surface area contributed by atoms with Crippen LogP contribution >= 0.6 is 0 Å². The number of hydrogen-bond acceptors (Lipinski definition) is 5. The van der Waals surface area contributed by atoms with Crippen molar-refractivity contribution in [3.05, 3.63) is 18.1 Å². The minimum absolute atomic E-state index is 0.0330. The number of carbonyl (C=O) groups is 1. The minimum atomic E-state index is -0.0699. The zero-order valence-electron chi connectivity index (χ0n) is 15.0. The van der Waals surface area contributed by atoms with E-state index in [1.807, 2.05) is 6.20 Å². The van der Waals surface area contributed by atoms with E-state index < -0.39 is 0 Å². The molecule has 0 aromatic carbocycles. The van der Waals surface area contributed by atoms with E-state index in [0.717, 1.165) is 42.7 Å². The molecular weight excluding hydrogens is 316 g/mol. The van der Waals surface area contributed by atoms with Gasteiger partial charge in [0.15, 0.2) is 0 Å². The van der Waals surface area contributed by atoms with Crippen LogP contribution in [-0.2, 0) is 16.0 Å². The van der Waals surface area contributed by atoms with Crippen molar-refractivity contribution in [1.82, 2.24) is 15.0 Å². The zero-order chi connectivity index (χ0) is 17.4. The molecule has 1 aliphatic carbocycles. The second-order valence-corrected chi connectivity index (χ2v) is 7.47. The molecule has 1 aliphatic heterocycles. The molecule has 2 aliphatic rings. The number of H-pyrrole nitrogens is 1. The van der Waals surface area contributed by atoms with E-state index in [0.29, 0.717) is 6.54 Å². The Bertz CT molecular complexity index is 779. The first-order valence-electron chi connectivity index (χ1n) is 9.32. The second-order valence-electron chi connectivity index (χ2n) is 7.47. The summed E-state index contributed by atoms with van der Waals surface area (Å²) >= 11 is 0. The topological polar surface area (TPSA) is 71.1 Å². The monoisotopic (exact) mass is 342 g/mol. The quantitative estimate of drug-likeness (QED) is 0.868. The average molecular weight is 342 g/mol. The van der Waals surface area contributed by atoms with Crippen LogP contribution in [0.5, 0.6) is 0 Å². The Hall–Kier alpha value is -2.11. The lowest BCUT2D eigenvalue weighted by Gasteiger charge is -2.36. The van der Waals surface area contributed by atoms with Crippen molar-refractivity contribution in [2.24, 2.45) is 11.3 Å². The summed E-state index contributed by atoms with van der Waals surface area (Å²) in [7, 11) is 1.51. The molecule has 0 amide bonds. The molecular formula is C19H26N4O2. The molecule has 1 atom stereocenters. The molecule has 6 nitrogen and oxygen atoms in total. The third-order valence-electron chi connectivity index (χ3n) is 6.19. The van der Waals surface area contributed by atoms with Crippen molar-refractivity contribution in [3.63, 3.8) is 0 Å². The average Bonchev–Trinajstić information content (AvgIpc) is 3.23. The smallest absolute Gasteiger partial charge is 0.311 e. The molecule has 25 heavy (non-hydrogen) atoms. The van der Waals surface area contributed by atoms with Crippen LogP contribution in [0.3, 0.4) is 0 Å². The van der Waals surface area contributed by atoms with Gasteiger partial charge in [0.2, 0.25) is 0 Å². The molecule has 1 saturated carbocycles. The summed E-state index contributed by atoms with van der Waals surface area (Å²) < 4.78 is 5.16. The Morgan fingerprint density at radius 1 is 1.36 bits per heavy atom. The maximum atomic E-state index is 12.5. The third kappa shape index (κ3) is 2.58. The van der Waals surface area contributed by atoms with E-state index in [2.05, 4.69) is 26.8 Å². The third-order valence-corrected chi connectivity index (χ3v) is 6.19. The molecule has 2 aromatic rings. The van der Waals surface area contributed by atoms with Gasteiger partial charge < -0.3 is 14.6 Å². The number of aryl methyl sites for hydroxylation is 1. The van der Waals surface area contributed by atoms with E-state index in [9.17, 15) is 4.79 Å². The van der Waals surface area contributed by atoms with Crippen LogP contribution in [0.25, 0.3) is 11.0 Å². The van der Waals surface area contributed by atoms with Gasteiger partial charge in [-0.25, -0.2) is 9.97 Å². The van der Waals surface area contributed by atoms with Gasteiger partial charge in [-0.1, -0.05) is 26.2 Å². The Kier molecular flexibility index (Phi) is 4.13. The van der Waals surface area contributed by atoms with E-state index in [1.165, 1.54) is 31.9 Å². The SMILES string of the molecule is CCc1c[nH]c2ncnc(N3CC(C(=O)OC)C4(CCCCC4)C3)c12. The fourth-order valence-corrected chi connectivity index (χ4v) is 4.89. The van der Waals surface area contributed by atoms with Crippen LogP contribution in [0.2, 0.25) is 0 Å². The van der Waals surface area contributed by atoms with Gasteiger partial charge in [0.05, 0.1) is 18.4 Å². The number of methoxy groups -OCH3 is 1. The van der Waals surface area contributed by atoms with Gasteiger partial charge >= 0.3 is 5.97 Å². The predicted octanol–water partition coefficient (Wildman–Crippen LogP) is 3.08. The molecule has 0 radical (unpaired) electrons. The molecule has 6 heteroatoms. The highest BCUT2D eigenvalue weighted by Crippen LogP contribution is 2.49. The van der Waals surface area contributed by atoms with Crippen molar-refractivity contribution in [3.8, 4) is 0 Å². The molecule has 134 valence electrons. The largest absolute Gasteiger partial charge is 0.469 e.